The zero-order valence-corrected chi connectivity index (χ0v) is 13.2. The second-order valence-electron chi connectivity index (χ2n) is 5.61. The number of aliphatic hydroxyl groups excluding tert-OH is 2. The smallest absolute Gasteiger partial charge is 0.120 e. The van der Waals surface area contributed by atoms with Gasteiger partial charge in [0.25, 0.3) is 0 Å². The highest BCUT2D eigenvalue weighted by Crippen LogP contribution is 2.24. The number of aliphatic hydroxyl groups is 2. The van der Waals surface area contributed by atoms with Crippen LogP contribution in [0.3, 0.4) is 0 Å². The second-order valence-corrected chi connectivity index (χ2v) is 5.61. The average molecular weight is 300 g/mol. The maximum atomic E-state index is 10.1. The monoisotopic (exact) mass is 300 g/mol. The lowest BCUT2D eigenvalue weighted by Crippen LogP contribution is -2.02. The molecule has 2 aromatic rings. The topological polar surface area (TPSA) is 49.7 Å². The van der Waals surface area contributed by atoms with Gasteiger partial charge in [-0.15, -0.1) is 0 Å². The van der Waals surface area contributed by atoms with Gasteiger partial charge in [0.05, 0.1) is 6.10 Å². The van der Waals surface area contributed by atoms with Crippen LogP contribution in [0.15, 0.2) is 42.5 Å². The SMILES string of the molecule is Cc1cccc(C)c1COc1cccc(C(O)CCCO)c1. The summed E-state index contributed by atoms with van der Waals surface area (Å²) >= 11 is 0. The van der Waals surface area contributed by atoms with Gasteiger partial charge in [-0.25, -0.2) is 0 Å². The molecule has 0 aliphatic rings. The summed E-state index contributed by atoms with van der Waals surface area (Å²) in [7, 11) is 0. The summed E-state index contributed by atoms with van der Waals surface area (Å²) in [6.45, 7) is 4.79. The lowest BCUT2D eigenvalue weighted by atomic mass is 10.0. The molecule has 0 aromatic heterocycles. The predicted octanol–water partition coefficient (Wildman–Crippen LogP) is 3.69. The summed E-state index contributed by atoms with van der Waals surface area (Å²) in [5, 5.41) is 18.9. The van der Waals surface area contributed by atoms with Gasteiger partial charge in [0, 0.05) is 6.61 Å². The van der Waals surface area contributed by atoms with Crippen LogP contribution in [0.25, 0.3) is 0 Å². The normalized spacial score (nSPS) is 12.2. The first-order valence-electron chi connectivity index (χ1n) is 7.68. The summed E-state index contributed by atoms with van der Waals surface area (Å²) < 4.78 is 5.89. The Labute approximate surface area is 132 Å². The number of aryl methyl sites for hydroxylation is 2. The van der Waals surface area contributed by atoms with Crippen LogP contribution in [0.1, 0.15) is 41.2 Å². The van der Waals surface area contributed by atoms with Crippen molar-refractivity contribution < 1.29 is 14.9 Å². The Morgan fingerprint density at radius 2 is 1.73 bits per heavy atom. The highest BCUT2D eigenvalue weighted by atomic mass is 16.5. The van der Waals surface area contributed by atoms with E-state index in [4.69, 9.17) is 9.84 Å². The van der Waals surface area contributed by atoms with Crippen LogP contribution in [-0.2, 0) is 6.61 Å². The third kappa shape index (κ3) is 4.33. The molecule has 0 spiro atoms. The quantitative estimate of drug-likeness (QED) is 0.820. The van der Waals surface area contributed by atoms with Crippen LogP contribution in [-0.4, -0.2) is 16.8 Å². The molecule has 0 radical (unpaired) electrons. The molecule has 0 aliphatic carbocycles. The average Bonchev–Trinajstić information content (AvgIpc) is 2.52. The van der Waals surface area contributed by atoms with E-state index in [2.05, 4.69) is 26.0 Å². The molecule has 118 valence electrons. The minimum absolute atomic E-state index is 0.0970. The van der Waals surface area contributed by atoms with Crippen molar-refractivity contribution in [2.75, 3.05) is 6.61 Å². The van der Waals surface area contributed by atoms with Gasteiger partial charge >= 0.3 is 0 Å². The van der Waals surface area contributed by atoms with Crippen molar-refractivity contribution in [2.24, 2.45) is 0 Å². The first-order valence-corrected chi connectivity index (χ1v) is 7.68. The Kier molecular flexibility index (Phi) is 5.99. The largest absolute Gasteiger partial charge is 0.489 e. The summed E-state index contributed by atoms with van der Waals surface area (Å²) in [6, 6.07) is 13.8. The lowest BCUT2D eigenvalue weighted by molar-refractivity contribution is 0.151. The van der Waals surface area contributed by atoms with Crippen LogP contribution in [0, 0.1) is 13.8 Å². The van der Waals surface area contributed by atoms with Crippen molar-refractivity contribution in [3.8, 4) is 5.75 Å². The van der Waals surface area contributed by atoms with E-state index in [1.54, 1.807) is 0 Å². The van der Waals surface area contributed by atoms with Crippen LogP contribution < -0.4 is 4.74 Å². The van der Waals surface area contributed by atoms with Crippen molar-refractivity contribution >= 4 is 0 Å². The summed E-state index contributed by atoms with van der Waals surface area (Å²) in [5.74, 6) is 0.753. The molecule has 2 rings (SSSR count). The minimum atomic E-state index is -0.559. The van der Waals surface area contributed by atoms with E-state index < -0.39 is 6.10 Å². The van der Waals surface area contributed by atoms with Gasteiger partial charge in [0.1, 0.15) is 12.4 Å². The van der Waals surface area contributed by atoms with E-state index in [-0.39, 0.29) is 6.61 Å². The first-order chi connectivity index (χ1) is 10.6. The van der Waals surface area contributed by atoms with E-state index in [0.717, 1.165) is 11.3 Å². The molecule has 2 aromatic carbocycles. The Morgan fingerprint density at radius 1 is 1.05 bits per heavy atom. The fourth-order valence-electron chi connectivity index (χ4n) is 2.50. The minimum Gasteiger partial charge on any atom is -0.489 e. The van der Waals surface area contributed by atoms with Gasteiger partial charge in [0.15, 0.2) is 0 Å². The maximum Gasteiger partial charge on any atom is 0.120 e. The lowest BCUT2D eigenvalue weighted by Gasteiger charge is -2.14. The fourth-order valence-corrected chi connectivity index (χ4v) is 2.50. The number of hydrogen-bond acceptors (Lipinski definition) is 3. The molecule has 0 saturated carbocycles. The summed E-state index contributed by atoms with van der Waals surface area (Å²) in [5.41, 5.74) is 4.47. The van der Waals surface area contributed by atoms with Gasteiger partial charge in [0.2, 0.25) is 0 Å². The molecular formula is C19H24O3. The third-order valence-corrected chi connectivity index (χ3v) is 3.91. The molecule has 0 amide bonds. The van der Waals surface area contributed by atoms with Crippen molar-refractivity contribution in [3.05, 3.63) is 64.7 Å². The number of benzene rings is 2. The number of ether oxygens (including phenoxy) is 1. The van der Waals surface area contributed by atoms with E-state index >= 15 is 0 Å². The van der Waals surface area contributed by atoms with E-state index in [9.17, 15) is 5.11 Å². The summed E-state index contributed by atoms with van der Waals surface area (Å²) in [4.78, 5) is 0. The van der Waals surface area contributed by atoms with Gasteiger partial charge in [-0.2, -0.15) is 0 Å². The molecule has 1 unspecified atom stereocenters. The van der Waals surface area contributed by atoms with Gasteiger partial charge in [-0.1, -0.05) is 30.3 Å². The molecule has 1 atom stereocenters. The Balaban J connectivity index is 2.04. The molecule has 3 heteroatoms. The van der Waals surface area contributed by atoms with Crippen LogP contribution in [0.4, 0.5) is 0 Å². The van der Waals surface area contributed by atoms with Crippen molar-refractivity contribution in [1.29, 1.82) is 0 Å². The second kappa shape index (κ2) is 7.97. The third-order valence-electron chi connectivity index (χ3n) is 3.91. The van der Waals surface area contributed by atoms with Gasteiger partial charge in [-0.3, -0.25) is 0 Å². The zero-order valence-electron chi connectivity index (χ0n) is 13.2. The molecule has 0 heterocycles. The number of rotatable bonds is 7. The molecular weight excluding hydrogens is 276 g/mol. The molecule has 0 fully saturated rings. The molecule has 3 nitrogen and oxygen atoms in total. The number of hydrogen-bond donors (Lipinski definition) is 2. The fraction of sp³-hybridized carbons (Fsp3) is 0.368. The van der Waals surface area contributed by atoms with Gasteiger partial charge < -0.3 is 14.9 Å². The highest BCUT2D eigenvalue weighted by Gasteiger charge is 2.09. The van der Waals surface area contributed by atoms with E-state index in [1.807, 2.05) is 30.3 Å². The van der Waals surface area contributed by atoms with Crippen LogP contribution in [0.5, 0.6) is 5.75 Å². The molecule has 0 saturated heterocycles. The van der Waals surface area contributed by atoms with Crippen molar-refractivity contribution in [2.45, 2.75) is 39.4 Å². The van der Waals surface area contributed by atoms with Crippen LogP contribution in [0.2, 0.25) is 0 Å². The Hall–Kier alpha value is -1.84. The molecule has 22 heavy (non-hydrogen) atoms. The predicted molar refractivity (Wildman–Crippen MR) is 88.0 cm³/mol. The van der Waals surface area contributed by atoms with E-state index in [0.29, 0.717) is 19.4 Å². The van der Waals surface area contributed by atoms with Crippen molar-refractivity contribution in [3.63, 3.8) is 0 Å². The molecule has 0 aliphatic heterocycles. The Morgan fingerprint density at radius 3 is 2.41 bits per heavy atom. The molecule has 0 bridgehead atoms. The first kappa shape index (κ1) is 16.5. The zero-order chi connectivity index (χ0) is 15.9. The van der Waals surface area contributed by atoms with Crippen molar-refractivity contribution in [1.82, 2.24) is 0 Å². The standard InChI is InChI=1S/C19H24O3/c1-14-6-3-7-15(2)18(14)13-22-17-9-4-8-16(12-17)19(21)10-5-11-20/h3-4,6-9,12,19-21H,5,10-11,13H2,1-2H3. The van der Waals surface area contributed by atoms with Crippen LogP contribution >= 0.6 is 0 Å². The maximum absolute atomic E-state index is 10.1. The summed E-state index contributed by atoms with van der Waals surface area (Å²) in [6.07, 6.45) is 0.585. The highest BCUT2D eigenvalue weighted by molar-refractivity contribution is 5.34. The Bertz CT molecular complexity index is 587. The molecule has 2 N–H and O–H groups in total. The van der Waals surface area contributed by atoms with E-state index in [1.165, 1.54) is 16.7 Å². The van der Waals surface area contributed by atoms with Gasteiger partial charge in [-0.05, 0) is 61.1 Å².